The third kappa shape index (κ3) is 2.89. The number of rotatable bonds is 2. The van der Waals surface area contributed by atoms with Crippen LogP contribution in [0.1, 0.15) is 43.7 Å². The van der Waals surface area contributed by atoms with Gasteiger partial charge in [0.05, 0.1) is 4.92 Å². The fourth-order valence-corrected chi connectivity index (χ4v) is 3.44. The van der Waals surface area contributed by atoms with Crippen molar-refractivity contribution >= 4 is 12.0 Å². The number of non-ortho nitro benzene ring substituents is 1. The molecule has 0 amide bonds. The van der Waals surface area contributed by atoms with Gasteiger partial charge in [0.25, 0.3) is 5.69 Å². The molecule has 4 nitrogen and oxygen atoms in total. The van der Waals surface area contributed by atoms with Gasteiger partial charge in [-0.25, -0.2) is 0 Å². The van der Waals surface area contributed by atoms with Crippen molar-refractivity contribution in [3.8, 4) is 0 Å². The van der Waals surface area contributed by atoms with E-state index in [1.54, 1.807) is 12.1 Å². The molecule has 0 aromatic heterocycles. The van der Waals surface area contributed by atoms with Gasteiger partial charge in [-0.15, -0.1) is 0 Å². The number of nitro benzene ring substituents is 1. The molecule has 0 radical (unpaired) electrons. The van der Waals surface area contributed by atoms with Crippen LogP contribution in [0, 0.1) is 24.0 Å². The zero-order valence-corrected chi connectivity index (χ0v) is 13.4. The molecule has 0 heterocycles. The predicted octanol–water partition coefficient (Wildman–Crippen LogP) is 3.91. The monoisotopic (exact) mass is 309 g/mol. The standard InChI is InChI=1S/C19H19NO3/c1-12-15-3-5-17-9-19(20(22)23)10-18(13(17)2)6-4-16(12)8-14(7-15)11-21/h7-11H,3-6H2,1-2H3. The molecule has 1 aliphatic carbocycles. The summed E-state index contributed by atoms with van der Waals surface area (Å²) in [5, 5.41) is 11.2. The lowest BCUT2D eigenvalue weighted by atomic mass is 9.87. The molecule has 0 atom stereocenters. The van der Waals surface area contributed by atoms with Crippen molar-refractivity contribution in [3.63, 3.8) is 0 Å². The van der Waals surface area contributed by atoms with Crippen LogP contribution in [-0.4, -0.2) is 11.2 Å². The van der Waals surface area contributed by atoms with Crippen LogP contribution < -0.4 is 0 Å². The maximum atomic E-state index is 11.2. The third-order valence-corrected chi connectivity index (χ3v) is 4.93. The van der Waals surface area contributed by atoms with E-state index in [0.717, 1.165) is 48.7 Å². The quantitative estimate of drug-likeness (QED) is 0.480. The minimum absolute atomic E-state index is 0.176. The predicted molar refractivity (Wildman–Crippen MR) is 89.2 cm³/mol. The number of carbonyl (C=O) groups excluding carboxylic acids is 1. The second kappa shape index (κ2) is 5.95. The molecule has 2 aromatic carbocycles. The van der Waals surface area contributed by atoms with Crippen LogP contribution in [0.3, 0.4) is 0 Å². The molecular weight excluding hydrogens is 290 g/mol. The van der Waals surface area contributed by atoms with Gasteiger partial charge in [-0.2, -0.15) is 0 Å². The summed E-state index contributed by atoms with van der Waals surface area (Å²) >= 11 is 0. The van der Waals surface area contributed by atoms with Crippen molar-refractivity contribution in [2.24, 2.45) is 0 Å². The molecule has 0 saturated carbocycles. The average Bonchev–Trinajstić information content (AvgIpc) is 2.53. The smallest absolute Gasteiger partial charge is 0.269 e. The number of hydrogen-bond acceptors (Lipinski definition) is 3. The summed E-state index contributed by atoms with van der Waals surface area (Å²) in [4.78, 5) is 22.0. The number of aryl methyl sites for hydroxylation is 4. The summed E-state index contributed by atoms with van der Waals surface area (Å²) in [6.45, 7) is 4.15. The van der Waals surface area contributed by atoms with Crippen LogP contribution in [-0.2, 0) is 25.7 Å². The summed E-state index contributed by atoms with van der Waals surface area (Å²) in [5.74, 6) is 0. The van der Waals surface area contributed by atoms with E-state index in [2.05, 4.69) is 6.92 Å². The highest BCUT2D eigenvalue weighted by Gasteiger charge is 2.17. The first-order valence-electron chi connectivity index (χ1n) is 7.84. The van der Waals surface area contributed by atoms with Crippen LogP contribution in [0.15, 0.2) is 24.3 Å². The summed E-state index contributed by atoms with van der Waals surface area (Å²) in [6.07, 6.45) is 3.99. The van der Waals surface area contributed by atoms with Crippen LogP contribution in [0.25, 0.3) is 0 Å². The molecule has 0 saturated heterocycles. The lowest BCUT2D eigenvalue weighted by molar-refractivity contribution is -0.385. The molecule has 1 aliphatic rings. The fraction of sp³-hybridized carbons (Fsp3) is 0.316. The molecule has 4 heteroatoms. The number of nitro groups is 1. The highest BCUT2D eigenvalue weighted by molar-refractivity contribution is 5.76. The van der Waals surface area contributed by atoms with Crippen LogP contribution in [0.5, 0.6) is 0 Å². The lowest BCUT2D eigenvalue weighted by Gasteiger charge is -2.18. The van der Waals surface area contributed by atoms with Gasteiger partial charge in [0, 0.05) is 17.7 Å². The van der Waals surface area contributed by atoms with E-state index >= 15 is 0 Å². The normalized spacial score (nSPS) is 13.5. The topological polar surface area (TPSA) is 60.2 Å². The van der Waals surface area contributed by atoms with Crippen molar-refractivity contribution in [2.75, 3.05) is 0 Å². The Morgan fingerprint density at radius 1 is 0.870 bits per heavy atom. The Balaban J connectivity index is 2.11. The van der Waals surface area contributed by atoms with Gasteiger partial charge in [0.2, 0.25) is 0 Å². The third-order valence-electron chi connectivity index (χ3n) is 4.93. The molecule has 118 valence electrons. The van der Waals surface area contributed by atoms with E-state index in [0.29, 0.717) is 5.56 Å². The lowest BCUT2D eigenvalue weighted by Crippen LogP contribution is -2.08. The van der Waals surface area contributed by atoms with Gasteiger partial charge >= 0.3 is 0 Å². The summed E-state index contributed by atoms with van der Waals surface area (Å²) in [7, 11) is 0. The first kappa shape index (κ1) is 15.4. The maximum absolute atomic E-state index is 11.2. The first-order valence-corrected chi connectivity index (χ1v) is 7.84. The van der Waals surface area contributed by atoms with Gasteiger partial charge in [-0.05, 0) is 85.0 Å². The van der Waals surface area contributed by atoms with E-state index in [1.165, 1.54) is 16.7 Å². The second-order valence-electron chi connectivity index (χ2n) is 6.23. The van der Waals surface area contributed by atoms with Gasteiger partial charge in [0.15, 0.2) is 0 Å². The number of fused-ring (bicyclic) bond motifs is 4. The Morgan fingerprint density at radius 3 is 1.61 bits per heavy atom. The fourth-order valence-electron chi connectivity index (χ4n) is 3.44. The van der Waals surface area contributed by atoms with E-state index in [1.807, 2.05) is 19.1 Å². The van der Waals surface area contributed by atoms with Crippen LogP contribution >= 0.6 is 0 Å². The van der Waals surface area contributed by atoms with Crippen molar-refractivity contribution in [1.29, 1.82) is 0 Å². The minimum atomic E-state index is -0.312. The summed E-state index contributed by atoms with van der Waals surface area (Å²) in [5.41, 5.74) is 7.70. The van der Waals surface area contributed by atoms with Crippen molar-refractivity contribution < 1.29 is 9.72 Å². The van der Waals surface area contributed by atoms with E-state index in [4.69, 9.17) is 0 Å². The Labute approximate surface area is 135 Å². The Kier molecular flexibility index (Phi) is 3.99. The molecule has 0 aliphatic heterocycles. The number of benzene rings is 2. The molecule has 2 aromatic rings. The molecule has 3 rings (SSSR count). The largest absolute Gasteiger partial charge is 0.298 e. The van der Waals surface area contributed by atoms with Gasteiger partial charge in [-0.3, -0.25) is 14.9 Å². The average molecular weight is 309 g/mol. The Morgan fingerprint density at radius 2 is 1.26 bits per heavy atom. The zero-order chi connectivity index (χ0) is 16.6. The number of hydrogen-bond donors (Lipinski definition) is 0. The number of nitrogens with zero attached hydrogens (tertiary/aromatic N) is 1. The first-order chi connectivity index (χ1) is 11.0. The Bertz CT molecular complexity index is 758. The highest BCUT2D eigenvalue weighted by Crippen LogP contribution is 2.28. The molecule has 0 N–H and O–H groups in total. The Hall–Kier alpha value is -2.49. The molecule has 0 unspecified atom stereocenters. The minimum Gasteiger partial charge on any atom is -0.298 e. The van der Waals surface area contributed by atoms with Crippen LogP contribution in [0.2, 0.25) is 0 Å². The molecule has 0 spiro atoms. The van der Waals surface area contributed by atoms with Crippen molar-refractivity contribution in [3.05, 3.63) is 73.3 Å². The van der Waals surface area contributed by atoms with E-state index in [-0.39, 0.29) is 10.6 Å². The van der Waals surface area contributed by atoms with Gasteiger partial charge in [0.1, 0.15) is 6.29 Å². The van der Waals surface area contributed by atoms with Crippen LogP contribution in [0.4, 0.5) is 5.69 Å². The van der Waals surface area contributed by atoms with Gasteiger partial charge < -0.3 is 0 Å². The van der Waals surface area contributed by atoms with Gasteiger partial charge in [-0.1, -0.05) is 0 Å². The van der Waals surface area contributed by atoms with Crippen molar-refractivity contribution in [1.82, 2.24) is 0 Å². The molecule has 0 fully saturated rings. The second-order valence-corrected chi connectivity index (χ2v) is 6.23. The highest BCUT2D eigenvalue weighted by atomic mass is 16.6. The molecular formula is C19H19NO3. The molecule has 4 bridgehead atoms. The zero-order valence-electron chi connectivity index (χ0n) is 13.4. The summed E-state index contributed by atoms with van der Waals surface area (Å²) in [6, 6.07) is 7.28. The SMILES string of the molecule is Cc1c2cc(C=O)cc1CCc1cc([N+](=O)[O-])cc(c1C)CC2. The number of carbonyl (C=O) groups is 1. The van der Waals surface area contributed by atoms with E-state index < -0.39 is 0 Å². The van der Waals surface area contributed by atoms with Crippen molar-refractivity contribution in [2.45, 2.75) is 39.5 Å². The summed E-state index contributed by atoms with van der Waals surface area (Å²) < 4.78 is 0. The number of aldehydes is 1. The molecule has 23 heavy (non-hydrogen) atoms. The maximum Gasteiger partial charge on any atom is 0.269 e. The van der Waals surface area contributed by atoms with E-state index in [9.17, 15) is 14.9 Å².